The highest BCUT2D eigenvalue weighted by molar-refractivity contribution is 7.99. The van der Waals surface area contributed by atoms with E-state index in [0.29, 0.717) is 10.9 Å². The van der Waals surface area contributed by atoms with Crippen molar-refractivity contribution in [1.82, 2.24) is 9.97 Å². The summed E-state index contributed by atoms with van der Waals surface area (Å²) in [6.45, 7) is 2.18. The molecule has 1 unspecified atom stereocenters. The molecule has 0 aliphatic carbocycles. The van der Waals surface area contributed by atoms with Crippen LogP contribution in [0.2, 0.25) is 0 Å². The Morgan fingerprint density at radius 3 is 3.08 bits per heavy atom. The number of nitrogens with zero attached hydrogens (tertiary/aromatic N) is 2. The average molecular weight is 199 g/mol. The van der Waals surface area contributed by atoms with Crippen LogP contribution in [-0.4, -0.2) is 33.5 Å². The third-order valence-electron chi connectivity index (χ3n) is 1.45. The summed E-state index contributed by atoms with van der Waals surface area (Å²) in [5.41, 5.74) is 6.19. The van der Waals surface area contributed by atoms with E-state index in [4.69, 9.17) is 5.73 Å². The first-order valence-corrected chi connectivity index (χ1v) is 5.01. The quantitative estimate of drug-likeness (QED) is 0.535. The Morgan fingerprint density at radius 1 is 1.69 bits per heavy atom. The van der Waals surface area contributed by atoms with E-state index >= 15 is 0 Å². The summed E-state index contributed by atoms with van der Waals surface area (Å²) in [6, 6.07) is 1.84. The molecule has 0 spiro atoms. The lowest BCUT2D eigenvalue weighted by Gasteiger charge is -2.05. The van der Waals surface area contributed by atoms with Gasteiger partial charge in [-0.3, -0.25) is 0 Å². The topological polar surface area (TPSA) is 72.0 Å². The predicted molar refractivity (Wildman–Crippen MR) is 52.6 cm³/mol. The van der Waals surface area contributed by atoms with Gasteiger partial charge < -0.3 is 10.8 Å². The summed E-state index contributed by atoms with van der Waals surface area (Å²) in [5.74, 6) is 0.542. The molecular formula is C8H13N3OS. The lowest BCUT2D eigenvalue weighted by atomic mass is 10.4. The summed E-state index contributed by atoms with van der Waals surface area (Å²) in [5, 5.41) is 9.87. The molecule has 1 aromatic rings. The third kappa shape index (κ3) is 3.71. The molecule has 13 heavy (non-hydrogen) atoms. The zero-order chi connectivity index (χ0) is 9.68. The van der Waals surface area contributed by atoms with Gasteiger partial charge in [0.2, 0.25) is 0 Å². The molecule has 1 atom stereocenters. The Hall–Kier alpha value is -0.650. The summed E-state index contributed by atoms with van der Waals surface area (Å²) in [4.78, 5) is 8.23. The fourth-order valence-electron chi connectivity index (χ4n) is 0.734. The number of hydrogen-bond acceptors (Lipinski definition) is 5. The average Bonchev–Trinajstić information content (AvgIpc) is 2.14. The molecular weight excluding hydrogens is 186 g/mol. The number of aliphatic hydroxyl groups excluding tert-OH is 1. The van der Waals surface area contributed by atoms with Gasteiger partial charge in [-0.15, -0.1) is 0 Å². The number of aromatic nitrogens is 2. The van der Waals surface area contributed by atoms with Gasteiger partial charge >= 0.3 is 0 Å². The molecule has 0 aromatic carbocycles. The minimum atomic E-state index is -0.478. The van der Waals surface area contributed by atoms with Gasteiger partial charge in [0, 0.05) is 24.2 Å². The van der Waals surface area contributed by atoms with Crippen LogP contribution < -0.4 is 5.73 Å². The molecule has 0 fully saturated rings. The molecule has 72 valence electrons. The van der Waals surface area contributed by atoms with Gasteiger partial charge in [0.1, 0.15) is 0 Å². The second kappa shape index (κ2) is 5.16. The maximum Gasteiger partial charge on any atom is 0.187 e. The first-order chi connectivity index (χ1) is 6.22. The maximum absolute atomic E-state index is 9.19. The Bertz CT molecular complexity index is 269. The number of aryl methyl sites for hydroxylation is 1. The van der Waals surface area contributed by atoms with E-state index in [1.54, 1.807) is 6.20 Å². The summed E-state index contributed by atoms with van der Waals surface area (Å²) < 4.78 is 0. The third-order valence-corrected chi connectivity index (χ3v) is 2.46. The molecule has 0 aliphatic rings. The van der Waals surface area contributed by atoms with Crippen molar-refractivity contribution in [1.29, 1.82) is 0 Å². The molecule has 3 N–H and O–H groups in total. The molecule has 0 aliphatic heterocycles. The molecule has 0 saturated carbocycles. The number of aliphatic hydroxyl groups is 1. The van der Waals surface area contributed by atoms with E-state index in [0.717, 1.165) is 5.69 Å². The van der Waals surface area contributed by atoms with Crippen LogP contribution in [0.1, 0.15) is 5.69 Å². The van der Waals surface area contributed by atoms with Crippen LogP contribution in [0.4, 0.5) is 0 Å². The minimum Gasteiger partial charge on any atom is -0.391 e. The number of rotatable bonds is 4. The van der Waals surface area contributed by atoms with Gasteiger partial charge in [0.15, 0.2) is 5.16 Å². The van der Waals surface area contributed by atoms with Crippen molar-refractivity contribution in [3.8, 4) is 0 Å². The van der Waals surface area contributed by atoms with E-state index in [9.17, 15) is 5.11 Å². The van der Waals surface area contributed by atoms with Gasteiger partial charge in [-0.2, -0.15) is 0 Å². The van der Waals surface area contributed by atoms with Gasteiger partial charge in [-0.05, 0) is 13.0 Å². The predicted octanol–water partition coefficient (Wildman–Crippen LogP) is 0.197. The summed E-state index contributed by atoms with van der Waals surface area (Å²) >= 11 is 1.42. The van der Waals surface area contributed by atoms with Gasteiger partial charge in [-0.25, -0.2) is 9.97 Å². The lowest BCUT2D eigenvalue weighted by Crippen LogP contribution is -2.22. The molecule has 0 bridgehead atoms. The van der Waals surface area contributed by atoms with E-state index in [1.807, 2.05) is 13.0 Å². The molecule has 1 rings (SSSR count). The number of hydrogen-bond donors (Lipinski definition) is 2. The van der Waals surface area contributed by atoms with Crippen LogP contribution in [0.5, 0.6) is 0 Å². The molecule has 0 saturated heterocycles. The lowest BCUT2D eigenvalue weighted by molar-refractivity contribution is 0.208. The highest BCUT2D eigenvalue weighted by Crippen LogP contribution is 2.12. The van der Waals surface area contributed by atoms with Crippen molar-refractivity contribution in [2.45, 2.75) is 18.2 Å². The fraction of sp³-hybridized carbons (Fsp3) is 0.500. The molecule has 1 heterocycles. The zero-order valence-electron chi connectivity index (χ0n) is 7.47. The van der Waals surface area contributed by atoms with Crippen molar-refractivity contribution in [2.75, 3.05) is 12.3 Å². The zero-order valence-corrected chi connectivity index (χ0v) is 8.29. The van der Waals surface area contributed by atoms with Crippen molar-refractivity contribution < 1.29 is 5.11 Å². The molecule has 0 radical (unpaired) electrons. The SMILES string of the molecule is Cc1ccnc(SCC(O)CN)n1. The number of nitrogens with two attached hydrogens (primary N) is 1. The normalized spacial score (nSPS) is 12.8. The Morgan fingerprint density at radius 2 is 2.46 bits per heavy atom. The van der Waals surface area contributed by atoms with Crippen LogP contribution in [0.3, 0.4) is 0 Å². The van der Waals surface area contributed by atoms with Crippen LogP contribution in [0.15, 0.2) is 17.4 Å². The van der Waals surface area contributed by atoms with Crippen LogP contribution in [-0.2, 0) is 0 Å². The second-order valence-corrected chi connectivity index (χ2v) is 3.67. The Kier molecular flexibility index (Phi) is 4.14. The van der Waals surface area contributed by atoms with Crippen LogP contribution in [0.25, 0.3) is 0 Å². The first-order valence-electron chi connectivity index (χ1n) is 4.03. The van der Waals surface area contributed by atoms with Crippen molar-refractivity contribution in [2.24, 2.45) is 5.73 Å². The molecule has 0 amide bonds. The standard InChI is InChI=1S/C8H13N3OS/c1-6-2-3-10-8(11-6)13-5-7(12)4-9/h2-3,7,12H,4-5,9H2,1H3. The smallest absolute Gasteiger partial charge is 0.187 e. The van der Waals surface area contributed by atoms with Crippen molar-refractivity contribution >= 4 is 11.8 Å². The second-order valence-electron chi connectivity index (χ2n) is 2.68. The van der Waals surface area contributed by atoms with E-state index in [2.05, 4.69) is 9.97 Å². The summed E-state index contributed by atoms with van der Waals surface area (Å²) in [7, 11) is 0. The minimum absolute atomic E-state index is 0.277. The largest absolute Gasteiger partial charge is 0.391 e. The maximum atomic E-state index is 9.19. The van der Waals surface area contributed by atoms with Gasteiger partial charge in [0.05, 0.1) is 6.10 Å². The highest BCUT2D eigenvalue weighted by Gasteiger charge is 2.03. The van der Waals surface area contributed by atoms with Crippen LogP contribution in [0, 0.1) is 6.92 Å². The Balaban J connectivity index is 2.45. The Labute approximate surface area is 81.6 Å². The monoisotopic (exact) mass is 199 g/mol. The van der Waals surface area contributed by atoms with E-state index in [-0.39, 0.29) is 6.54 Å². The summed E-state index contributed by atoms with van der Waals surface area (Å²) in [6.07, 6.45) is 1.23. The molecule has 4 nitrogen and oxygen atoms in total. The number of thioether (sulfide) groups is 1. The fourth-order valence-corrected chi connectivity index (χ4v) is 1.56. The first kappa shape index (κ1) is 10.4. The van der Waals surface area contributed by atoms with Crippen molar-refractivity contribution in [3.05, 3.63) is 18.0 Å². The van der Waals surface area contributed by atoms with Gasteiger partial charge in [0.25, 0.3) is 0 Å². The molecule has 1 aromatic heterocycles. The van der Waals surface area contributed by atoms with E-state index in [1.165, 1.54) is 11.8 Å². The van der Waals surface area contributed by atoms with Crippen LogP contribution >= 0.6 is 11.8 Å². The highest BCUT2D eigenvalue weighted by atomic mass is 32.2. The van der Waals surface area contributed by atoms with Gasteiger partial charge in [-0.1, -0.05) is 11.8 Å². The van der Waals surface area contributed by atoms with Crippen molar-refractivity contribution in [3.63, 3.8) is 0 Å². The van der Waals surface area contributed by atoms with E-state index < -0.39 is 6.10 Å². The molecule has 5 heteroatoms.